The second kappa shape index (κ2) is 5.36. The number of aromatic nitrogens is 2. The number of rotatable bonds is 4. The number of piperidine rings is 1. The zero-order chi connectivity index (χ0) is 12.4. The highest BCUT2D eigenvalue weighted by molar-refractivity contribution is 4.93. The molecular weight excluding hydrogens is 228 g/mol. The lowest BCUT2D eigenvalue weighted by Gasteiger charge is -2.33. The maximum atomic E-state index is 5.23. The summed E-state index contributed by atoms with van der Waals surface area (Å²) in [6.45, 7) is 6.48. The van der Waals surface area contributed by atoms with Gasteiger partial charge < -0.3 is 9.84 Å². The third kappa shape index (κ3) is 2.57. The lowest BCUT2D eigenvalue weighted by Crippen LogP contribution is -2.44. The minimum Gasteiger partial charge on any atom is -0.339 e. The van der Waals surface area contributed by atoms with Crippen LogP contribution in [0, 0.1) is 5.92 Å². The molecule has 3 heterocycles. The molecule has 2 saturated heterocycles. The lowest BCUT2D eigenvalue weighted by atomic mass is 9.93. The zero-order valence-corrected chi connectivity index (χ0v) is 11.1. The van der Waals surface area contributed by atoms with Crippen LogP contribution < -0.4 is 5.32 Å². The van der Waals surface area contributed by atoms with Crippen molar-refractivity contribution in [2.75, 3.05) is 19.6 Å². The van der Waals surface area contributed by atoms with Crippen molar-refractivity contribution in [2.24, 2.45) is 5.92 Å². The smallest absolute Gasteiger partial charge is 0.226 e. The van der Waals surface area contributed by atoms with Crippen LogP contribution in [-0.2, 0) is 13.0 Å². The highest BCUT2D eigenvalue weighted by atomic mass is 16.5. The maximum absolute atomic E-state index is 5.23. The molecule has 3 rings (SSSR count). The van der Waals surface area contributed by atoms with Crippen LogP contribution in [0.25, 0.3) is 0 Å². The number of hydrogen-bond acceptors (Lipinski definition) is 5. The van der Waals surface area contributed by atoms with Crippen LogP contribution in [0.1, 0.15) is 37.9 Å². The minimum atomic E-state index is 0.752. The highest BCUT2D eigenvalue weighted by Gasteiger charge is 2.32. The van der Waals surface area contributed by atoms with Crippen molar-refractivity contribution >= 4 is 0 Å². The topological polar surface area (TPSA) is 54.2 Å². The van der Waals surface area contributed by atoms with E-state index in [1.165, 1.54) is 25.9 Å². The summed E-state index contributed by atoms with van der Waals surface area (Å²) in [7, 11) is 0. The van der Waals surface area contributed by atoms with E-state index >= 15 is 0 Å². The molecule has 5 nitrogen and oxygen atoms in total. The van der Waals surface area contributed by atoms with Crippen LogP contribution in [0.3, 0.4) is 0 Å². The van der Waals surface area contributed by atoms with E-state index in [0.717, 1.165) is 49.6 Å². The third-order valence-electron chi connectivity index (χ3n) is 4.08. The number of hydrogen-bond donors (Lipinski definition) is 1. The first-order valence-electron chi connectivity index (χ1n) is 7.12. The molecule has 100 valence electrons. The average Bonchev–Trinajstić information content (AvgIpc) is 2.98. The fourth-order valence-corrected chi connectivity index (χ4v) is 3.14. The second-order valence-electron chi connectivity index (χ2n) is 5.49. The Morgan fingerprint density at radius 3 is 3.28 bits per heavy atom. The van der Waals surface area contributed by atoms with Gasteiger partial charge in [0.2, 0.25) is 5.89 Å². The van der Waals surface area contributed by atoms with Gasteiger partial charge in [-0.05, 0) is 31.7 Å². The summed E-state index contributed by atoms with van der Waals surface area (Å²) in [4.78, 5) is 6.91. The van der Waals surface area contributed by atoms with Crippen LogP contribution >= 0.6 is 0 Å². The van der Waals surface area contributed by atoms with Gasteiger partial charge in [0.25, 0.3) is 0 Å². The predicted octanol–water partition coefficient (Wildman–Crippen LogP) is 1.21. The fraction of sp³-hybridized carbons (Fsp3) is 0.846. The molecule has 2 aliphatic rings. The fourth-order valence-electron chi connectivity index (χ4n) is 3.14. The third-order valence-corrected chi connectivity index (χ3v) is 4.08. The van der Waals surface area contributed by atoms with Crippen LogP contribution in [0.4, 0.5) is 0 Å². The number of likely N-dealkylation sites (tertiary alicyclic amines) is 1. The van der Waals surface area contributed by atoms with E-state index < -0.39 is 0 Å². The molecule has 5 heteroatoms. The normalized spacial score (nSPS) is 28.5. The van der Waals surface area contributed by atoms with Gasteiger partial charge in [-0.25, -0.2) is 0 Å². The number of fused-ring (bicyclic) bond motifs is 1. The molecule has 0 radical (unpaired) electrons. The average molecular weight is 250 g/mol. The van der Waals surface area contributed by atoms with Crippen molar-refractivity contribution < 1.29 is 4.52 Å². The summed E-state index contributed by atoms with van der Waals surface area (Å²) in [5, 5.41) is 7.66. The summed E-state index contributed by atoms with van der Waals surface area (Å²) in [5.41, 5.74) is 0. The van der Waals surface area contributed by atoms with Crippen LogP contribution in [0.2, 0.25) is 0 Å². The molecule has 0 saturated carbocycles. The molecule has 1 N–H and O–H groups in total. The van der Waals surface area contributed by atoms with Crippen molar-refractivity contribution in [1.82, 2.24) is 20.4 Å². The monoisotopic (exact) mass is 250 g/mol. The van der Waals surface area contributed by atoms with Gasteiger partial charge in [-0.2, -0.15) is 4.98 Å². The van der Waals surface area contributed by atoms with Crippen molar-refractivity contribution in [3.63, 3.8) is 0 Å². The second-order valence-corrected chi connectivity index (χ2v) is 5.49. The molecular formula is C13H22N4O. The van der Waals surface area contributed by atoms with Gasteiger partial charge in [0, 0.05) is 25.6 Å². The van der Waals surface area contributed by atoms with Crippen LogP contribution in [0.15, 0.2) is 4.52 Å². The van der Waals surface area contributed by atoms with Gasteiger partial charge in [0.15, 0.2) is 5.82 Å². The highest BCUT2D eigenvalue weighted by Crippen LogP contribution is 2.25. The van der Waals surface area contributed by atoms with E-state index in [2.05, 4.69) is 27.3 Å². The first-order chi connectivity index (χ1) is 8.85. The molecule has 0 spiro atoms. The Morgan fingerprint density at radius 2 is 2.39 bits per heavy atom. The molecule has 0 amide bonds. The quantitative estimate of drug-likeness (QED) is 0.870. The van der Waals surface area contributed by atoms with E-state index in [1.807, 2.05) is 0 Å². The summed E-state index contributed by atoms with van der Waals surface area (Å²) in [5.74, 6) is 2.45. The number of nitrogens with zero attached hydrogens (tertiary/aromatic N) is 3. The van der Waals surface area contributed by atoms with Gasteiger partial charge in [-0.15, -0.1) is 0 Å². The minimum absolute atomic E-state index is 0.752. The summed E-state index contributed by atoms with van der Waals surface area (Å²) < 4.78 is 5.23. The summed E-state index contributed by atoms with van der Waals surface area (Å²) in [6.07, 6.45) is 4.52. The SMILES string of the molecule is CCCc1nc(CN2CCC3NCCC3C2)no1. The van der Waals surface area contributed by atoms with E-state index in [4.69, 9.17) is 4.52 Å². The van der Waals surface area contributed by atoms with Gasteiger partial charge in [0.1, 0.15) is 0 Å². The number of nitrogens with one attached hydrogen (secondary N) is 1. The summed E-state index contributed by atoms with van der Waals surface area (Å²) >= 11 is 0. The van der Waals surface area contributed by atoms with E-state index in [9.17, 15) is 0 Å². The van der Waals surface area contributed by atoms with E-state index in [-0.39, 0.29) is 0 Å². The van der Waals surface area contributed by atoms with Crippen molar-refractivity contribution in [1.29, 1.82) is 0 Å². The molecule has 0 aliphatic carbocycles. The molecule has 0 aromatic carbocycles. The van der Waals surface area contributed by atoms with Gasteiger partial charge in [0.05, 0.1) is 6.54 Å². The van der Waals surface area contributed by atoms with Crippen molar-refractivity contribution in [3.05, 3.63) is 11.7 Å². The Balaban J connectivity index is 1.55. The summed E-state index contributed by atoms with van der Waals surface area (Å²) in [6, 6.07) is 0.752. The maximum Gasteiger partial charge on any atom is 0.226 e. The largest absolute Gasteiger partial charge is 0.339 e. The Hall–Kier alpha value is -0.940. The van der Waals surface area contributed by atoms with Gasteiger partial charge in [-0.3, -0.25) is 4.90 Å². The molecule has 2 unspecified atom stereocenters. The van der Waals surface area contributed by atoms with E-state index in [0.29, 0.717) is 0 Å². The number of aryl methyl sites for hydroxylation is 1. The Morgan fingerprint density at radius 1 is 1.44 bits per heavy atom. The van der Waals surface area contributed by atoms with Gasteiger partial charge >= 0.3 is 0 Å². The molecule has 2 aliphatic heterocycles. The predicted molar refractivity (Wildman–Crippen MR) is 68.1 cm³/mol. The molecule has 18 heavy (non-hydrogen) atoms. The van der Waals surface area contributed by atoms with Crippen molar-refractivity contribution in [3.8, 4) is 0 Å². The molecule has 1 aromatic heterocycles. The Kier molecular flexibility index (Phi) is 3.61. The van der Waals surface area contributed by atoms with E-state index in [1.54, 1.807) is 0 Å². The Labute approximate surface area is 108 Å². The van der Waals surface area contributed by atoms with Crippen molar-refractivity contribution in [2.45, 2.75) is 45.2 Å². The first kappa shape index (κ1) is 12.1. The van der Waals surface area contributed by atoms with Crippen LogP contribution in [0.5, 0.6) is 0 Å². The zero-order valence-electron chi connectivity index (χ0n) is 11.1. The molecule has 2 fully saturated rings. The first-order valence-corrected chi connectivity index (χ1v) is 7.12. The standard InChI is InChI=1S/C13H22N4O/c1-2-3-13-15-12(16-18-13)9-17-7-5-11-10(8-17)4-6-14-11/h10-11,14H,2-9H2,1H3. The molecule has 2 atom stereocenters. The van der Waals surface area contributed by atoms with Crippen LogP contribution in [-0.4, -0.2) is 40.7 Å². The molecule has 0 bridgehead atoms. The lowest BCUT2D eigenvalue weighted by molar-refractivity contribution is 0.151. The Bertz CT molecular complexity index is 392. The molecule has 1 aromatic rings. The van der Waals surface area contributed by atoms with Gasteiger partial charge in [-0.1, -0.05) is 12.1 Å².